The van der Waals surface area contributed by atoms with Crippen LogP contribution in [0.25, 0.3) is 11.3 Å². The number of hydrogen-bond acceptors (Lipinski definition) is 5. The van der Waals surface area contributed by atoms with Gasteiger partial charge in [-0.25, -0.2) is 4.79 Å². The summed E-state index contributed by atoms with van der Waals surface area (Å²) in [5, 5.41) is 3.62. The number of nitrogens with zero attached hydrogens (tertiary/aromatic N) is 2. The summed E-state index contributed by atoms with van der Waals surface area (Å²) in [6.45, 7) is 1.97. The molecule has 5 nitrogen and oxygen atoms in total. The van der Waals surface area contributed by atoms with Gasteiger partial charge in [0.2, 0.25) is 11.9 Å². The molecule has 17 heavy (non-hydrogen) atoms. The molecule has 0 bridgehead atoms. The summed E-state index contributed by atoms with van der Waals surface area (Å²) in [4.78, 5) is 13.5. The van der Waals surface area contributed by atoms with Crippen LogP contribution in [0, 0.1) is 6.92 Å². The Balaban J connectivity index is 2.48. The fraction of sp³-hybridized carbons (Fsp3) is 0.167. The zero-order valence-electron chi connectivity index (χ0n) is 9.43. The molecule has 0 radical (unpaired) electrons. The largest absolute Gasteiger partial charge is 0.496 e. The third kappa shape index (κ3) is 2.24. The quantitative estimate of drug-likeness (QED) is 0.600. The lowest BCUT2D eigenvalue weighted by molar-refractivity contribution is 0.406. The second-order valence-corrected chi connectivity index (χ2v) is 3.46. The average molecular weight is 230 g/mol. The molecule has 5 heteroatoms. The summed E-state index contributed by atoms with van der Waals surface area (Å²) < 4.78 is 10.3. The number of benzene rings is 1. The number of isocyanates is 1. The Morgan fingerprint density at radius 2 is 2.24 bits per heavy atom. The molecule has 0 spiro atoms. The van der Waals surface area contributed by atoms with E-state index in [-0.39, 0.29) is 5.82 Å². The molecule has 2 rings (SSSR count). The number of hydrogen-bond donors (Lipinski definition) is 0. The first-order valence-electron chi connectivity index (χ1n) is 4.94. The Morgan fingerprint density at radius 1 is 1.41 bits per heavy atom. The molecule has 0 saturated heterocycles. The van der Waals surface area contributed by atoms with Gasteiger partial charge in [-0.05, 0) is 24.6 Å². The maximum atomic E-state index is 10.1. The van der Waals surface area contributed by atoms with Gasteiger partial charge in [-0.3, -0.25) is 0 Å². The summed E-state index contributed by atoms with van der Waals surface area (Å²) in [6, 6.07) is 7.24. The van der Waals surface area contributed by atoms with E-state index in [0.717, 1.165) is 11.1 Å². The second kappa shape index (κ2) is 4.63. The summed E-state index contributed by atoms with van der Waals surface area (Å²) in [5.41, 5.74) is 1.84. The first kappa shape index (κ1) is 11.1. The Hall–Kier alpha value is -2.39. The fourth-order valence-electron chi connectivity index (χ4n) is 1.49. The van der Waals surface area contributed by atoms with Gasteiger partial charge in [-0.2, -0.15) is 0 Å². The van der Waals surface area contributed by atoms with Crippen molar-refractivity contribution in [2.45, 2.75) is 6.92 Å². The standard InChI is InChI=1S/C12H10N2O3/c1-8-3-4-9(10(5-8)16-2)11-6-12(13-7-15)14-17-11/h3-6H,1-2H3. The zero-order valence-corrected chi connectivity index (χ0v) is 9.43. The van der Waals surface area contributed by atoms with Crippen molar-refractivity contribution in [2.75, 3.05) is 7.11 Å². The highest BCUT2D eigenvalue weighted by Crippen LogP contribution is 2.32. The van der Waals surface area contributed by atoms with E-state index in [1.165, 1.54) is 6.08 Å². The van der Waals surface area contributed by atoms with Crippen LogP contribution in [-0.4, -0.2) is 18.3 Å². The third-order valence-corrected chi connectivity index (χ3v) is 2.28. The first-order chi connectivity index (χ1) is 8.24. The second-order valence-electron chi connectivity index (χ2n) is 3.46. The number of rotatable bonds is 3. The van der Waals surface area contributed by atoms with Crippen LogP contribution in [0.5, 0.6) is 5.75 Å². The predicted octanol–water partition coefficient (Wildman–Crippen LogP) is 2.63. The molecule has 0 atom stereocenters. The van der Waals surface area contributed by atoms with Crippen LogP contribution in [0.15, 0.2) is 33.8 Å². The molecule has 1 heterocycles. The summed E-state index contributed by atoms with van der Waals surface area (Å²) in [7, 11) is 1.58. The highest BCUT2D eigenvalue weighted by Gasteiger charge is 2.11. The van der Waals surface area contributed by atoms with Gasteiger partial charge < -0.3 is 9.26 Å². The van der Waals surface area contributed by atoms with Gasteiger partial charge >= 0.3 is 0 Å². The number of aryl methyl sites for hydroxylation is 1. The smallest absolute Gasteiger partial charge is 0.242 e. The molecule has 2 aromatic rings. The molecule has 0 aliphatic rings. The maximum absolute atomic E-state index is 10.1. The van der Waals surface area contributed by atoms with Crippen LogP contribution in [-0.2, 0) is 4.79 Å². The van der Waals surface area contributed by atoms with Crippen LogP contribution in [0.3, 0.4) is 0 Å². The van der Waals surface area contributed by atoms with Crippen molar-refractivity contribution in [1.29, 1.82) is 0 Å². The van der Waals surface area contributed by atoms with Crippen LogP contribution in [0.2, 0.25) is 0 Å². The Labute approximate surface area is 97.7 Å². The van der Waals surface area contributed by atoms with Crippen LogP contribution < -0.4 is 4.74 Å². The highest BCUT2D eigenvalue weighted by molar-refractivity contribution is 5.68. The van der Waals surface area contributed by atoms with E-state index in [0.29, 0.717) is 11.5 Å². The van der Waals surface area contributed by atoms with Crippen molar-refractivity contribution >= 4 is 11.9 Å². The van der Waals surface area contributed by atoms with Gasteiger partial charge in [-0.15, -0.1) is 4.99 Å². The maximum Gasteiger partial charge on any atom is 0.242 e. The van der Waals surface area contributed by atoms with Gasteiger partial charge in [0, 0.05) is 6.07 Å². The van der Waals surface area contributed by atoms with Crippen molar-refractivity contribution in [3.8, 4) is 17.1 Å². The van der Waals surface area contributed by atoms with Gasteiger partial charge in [-0.1, -0.05) is 11.2 Å². The topological polar surface area (TPSA) is 64.7 Å². The van der Waals surface area contributed by atoms with E-state index in [2.05, 4.69) is 10.1 Å². The van der Waals surface area contributed by atoms with Crippen LogP contribution in [0.1, 0.15) is 5.56 Å². The number of carbonyl (C=O) groups excluding carboxylic acids is 1. The Kier molecular flexibility index (Phi) is 3.03. The predicted molar refractivity (Wildman–Crippen MR) is 61.0 cm³/mol. The third-order valence-electron chi connectivity index (χ3n) is 2.28. The summed E-state index contributed by atoms with van der Waals surface area (Å²) in [5.74, 6) is 1.37. The van der Waals surface area contributed by atoms with Crippen molar-refractivity contribution in [3.63, 3.8) is 0 Å². The van der Waals surface area contributed by atoms with E-state index < -0.39 is 0 Å². The van der Waals surface area contributed by atoms with Gasteiger partial charge in [0.25, 0.3) is 0 Å². The van der Waals surface area contributed by atoms with Gasteiger partial charge in [0.05, 0.1) is 12.7 Å². The minimum atomic E-state index is 0.192. The summed E-state index contributed by atoms with van der Waals surface area (Å²) in [6.07, 6.45) is 1.41. The average Bonchev–Trinajstić information content (AvgIpc) is 2.78. The van der Waals surface area contributed by atoms with Gasteiger partial charge in [0.15, 0.2) is 5.76 Å². The van der Waals surface area contributed by atoms with Crippen molar-refractivity contribution < 1.29 is 14.1 Å². The van der Waals surface area contributed by atoms with Crippen molar-refractivity contribution in [2.24, 2.45) is 4.99 Å². The molecule has 0 saturated carbocycles. The van der Waals surface area contributed by atoms with E-state index in [1.807, 2.05) is 25.1 Å². The molecule has 0 aliphatic carbocycles. The minimum absolute atomic E-state index is 0.192. The molecule has 1 aromatic carbocycles. The molecule has 86 valence electrons. The number of aromatic nitrogens is 1. The molecule has 0 aliphatic heterocycles. The lowest BCUT2D eigenvalue weighted by Crippen LogP contribution is -1.87. The lowest BCUT2D eigenvalue weighted by atomic mass is 10.1. The van der Waals surface area contributed by atoms with Crippen molar-refractivity contribution in [1.82, 2.24) is 5.16 Å². The molecular formula is C12H10N2O3. The van der Waals surface area contributed by atoms with E-state index >= 15 is 0 Å². The SMILES string of the molecule is COc1cc(C)ccc1-c1cc(N=C=O)no1. The Morgan fingerprint density at radius 3 is 2.94 bits per heavy atom. The number of aliphatic imine (C=N–C) groups is 1. The van der Waals surface area contributed by atoms with E-state index in [4.69, 9.17) is 9.26 Å². The highest BCUT2D eigenvalue weighted by atomic mass is 16.5. The van der Waals surface area contributed by atoms with Gasteiger partial charge in [0.1, 0.15) is 5.75 Å². The van der Waals surface area contributed by atoms with E-state index in [9.17, 15) is 4.79 Å². The number of ether oxygens (including phenoxy) is 1. The summed E-state index contributed by atoms with van der Waals surface area (Å²) >= 11 is 0. The Bertz CT molecular complexity index is 583. The van der Waals surface area contributed by atoms with E-state index in [1.54, 1.807) is 13.2 Å². The van der Waals surface area contributed by atoms with Crippen LogP contribution >= 0.6 is 0 Å². The fourth-order valence-corrected chi connectivity index (χ4v) is 1.49. The lowest BCUT2D eigenvalue weighted by Gasteiger charge is -2.05. The molecular weight excluding hydrogens is 220 g/mol. The number of methoxy groups -OCH3 is 1. The minimum Gasteiger partial charge on any atom is -0.496 e. The molecule has 1 aromatic heterocycles. The molecule has 0 unspecified atom stereocenters. The monoisotopic (exact) mass is 230 g/mol. The van der Waals surface area contributed by atoms with Crippen molar-refractivity contribution in [3.05, 3.63) is 29.8 Å². The molecule has 0 fully saturated rings. The molecule has 0 N–H and O–H groups in total. The molecule has 0 amide bonds. The normalized spacial score (nSPS) is 9.76. The first-order valence-corrected chi connectivity index (χ1v) is 4.94. The van der Waals surface area contributed by atoms with Crippen LogP contribution in [0.4, 0.5) is 5.82 Å². The zero-order chi connectivity index (χ0) is 12.3.